The SMILES string of the molecule is Cc1cc([C@H]2[C@H](c3ccccn3)NC(=S)N2C2CCCC2)c(C)n1-c1cc(Cl)ccc1O. The Labute approximate surface area is 199 Å². The Balaban J connectivity index is 1.66. The first kappa shape index (κ1) is 21.3. The lowest BCUT2D eigenvalue weighted by atomic mass is 9.95. The largest absolute Gasteiger partial charge is 0.506 e. The van der Waals surface area contributed by atoms with Crippen LogP contribution in [0.3, 0.4) is 0 Å². The molecular formula is C25H27ClN4OS. The molecule has 0 unspecified atom stereocenters. The van der Waals surface area contributed by atoms with E-state index in [2.05, 4.69) is 45.7 Å². The van der Waals surface area contributed by atoms with Crippen molar-refractivity contribution in [2.45, 2.75) is 57.7 Å². The van der Waals surface area contributed by atoms with Gasteiger partial charge in [0.2, 0.25) is 0 Å². The summed E-state index contributed by atoms with van der Waals surface area (Å²) < 4.78 is 2.08. The molecule has 0 radical (unpaired) electrons. The molecule has 1 saturated heterocycles. The van der Waals surface area contributed by atoms with E-state index in [0.29, 0.717) is 16.8 Å². The molecular weight excluding hydrogens is 440 g/mol. The molecule has 2 aromatic heterocycles. The minimum absolute atomic E-state index is 0.0294. The van der Waals surface area contributed by atoms with Gasteiger partial charge in [-0.3, -0.25) is 4.98 Å². The second-order valence-corrected chi connectivity index (χ2v) is 9.59. The lowest BCUT2D eigenvalue weighted by Crippen LogP contribution is -2.37. The van der Waals surface area contributed by atoms with E-state index in [-0.39, 0.29) is 17.8 Å². The zero-order valence-corrected chi connectivity index (χ0v) is 19.8. The number of hydrogen-bond acceptors (Lipinski definition) is 3. The first-order valence-electron chi connectivity index (χ1n) is 11.1. The summed E-state index contributed by atoms with van der Waals surface area (Å²) in [5.74, 6) is 0.205. The number of halogens is 1. The van der Waals surface area contributed by atoms with Crippen LogP contribution in [0.5, 0.6) is 5.75 Å². The van der Waals surface area contributed by atoms with Crippen molar-refractivity contribution in [1.82, 2.24) is 19.8 Å². The predicted octanol–water partition coefficient (Wildman–Crippen LogP) is 5.76. The first-order chi connectivity index (χ1) is 15.5. The Morgan fingerprint density at radius 3 is 2.62 bits per heavy atom. The quantitative estimate of drug-likeness (QED) is 0.478. The van der Waals surface area contributed by atoms with E-state index in [1.165, 1.54) is 18.4 Å². The highest BCUT2D eigenvalue weighted by Gasteiger charge is 2.44. The van der Waals surface area contributed by atoms with Gasteiger partial charge < -0.3 is 19.9 Å². The number of nitrogens with one attached hydrogen (secondary N) is 1. The number of hydrogen-bond donors (Lipinski definition) is 2. The molecule has 5 rings (SSSR count). The fraction of sp³-hybridized carbons (Fsp3) is 0.360. The molecule has 2 N–H and O–H groups in total. The van der Waals surface area contributed by atoms with Crippen molar-refractivity contribution >= 4 is 28.9 Å². The van der Waals surface area contributed by atoms with Crippen LogP contribution in [-0.4, -0.2) is 30.7 Å². The van der Waals surface area contributed by atoms with Crippen molar-refractivity contribution in [2.75, 3.05) is 0 Å². The first-order valence-corrected chi connectivity index (χ1v) is 11.9. The summed E-state index contributed by atoms with van der Waals surface area (Å²) in [5.41, 5.74) is 4.97. The monoisotopic (exact) mass is 466 g/mol. The number of nitrogens with zero attached hydrogens (tertiary/aromatic N) is 3. The maximum Gasteiger partial charge on any atom is 0.170 e. The van der Waals surface area contributed by atoms with Crippen LogP contribution in [0.2, 0.25) is 5.02 Å². The van der Waals surface area contributed by atoms with Crippen molar-refractivity contribution in [2.24, 2.45) is 0 Å². The molecule has 1 aromatic carbocycles. The van der Waals surface area contributed by atoms with Gasteiger partial charge in [0.1, 0.15) is 5.75 Å². The zero-order valence-electron chi connectivity index (χ0n) is 18.3. The summed E-state index contributed by atoms with van der Waals surface area (Å²) in [4.78, 5) is 7.07. The molecule has 2 fully saturated rings. The molecule has 2 atom stereocenters. The molecule has 3 heterocycles. The Kier molecular flexibility index (Phi) is 5.59. The second kappa shape index (κ2) is 8.41. The van der Waals surface area contributed by atoms with Gasteiger partial charge in [-0.15, -0.1) is 0 Å². The second-order valence-electron chi connectivity index (χ2n) is 8.77. The third-order valence-electron chi connectivity index (χ3n) is 6.82. The Morgan fingerprint density at radius 1 is 1.12 bits per heavy atom. The van der Waals surface area contributed by atoms with Crippen molar-refractivity contribution in [3.05, 3.63) is 76.3 Å². The van der Waals surface area contributed by atoms with Crippen LogP contribution in [0.25, 0.3) is 5.69 Å². The molecule has 3 aromatic rings. The number of benzene rings is 1. The average molecular weight is 467 g/mol. The minimum atomic E-state index is -0.0359. The Morgan fingerprint density at radius 2 is 1.91 bits per heavy atom. The van der Waals surface area contributed by atoms with E-state index in [1.54, 1.807) is 12.1 Å². The fourth-order valence-corrected chi connectivity index (χ4v) is 5.96. The van der Waals surface area contributed by atoms with Crippen LogP contribution in [0.1, 0.15) is 60.4 Å². The van der Waals surface area contributed by atoms with E-state index in [4.69, 9.17) is 23.8 Å². The molecule has 1 aliphatic carbocycles. The summed E-state index contributed by atoms with van der Waals surface area (Å²) in [5, 5.41) is 15.5. The number of pyridine rings is 1. The third kappa shape index (κ3) is 3.55. The molecule has 0 bridgehead atoms. The maximum atomic E-state index is 10.6. The average Bonchev–Trinajstić information content (AvgIpc) is 3.49. The van der Waals surface area contributed by atoms with Crippen molar-refractivity contribution < 1.29 is 5.11 Å². The van der Waals surface area contributed by atoms with Crippen LogP contribution in [-0.2, 0) is 0 Å². The number of phenolic OH excluding ortho intramolecular Hbond substituents is 1. The van der Waals surface area contributed by atoms with Gasteiger partial charge in [0, 0.05) is 28.6 Å². The number of thiocarbonyl (C=S) groups is 1. The number of rotatable bonds is 4. The third-order valence-corrected chi connectivity index (χ3v) is 7.38. The lowest BCUT2D eigenvalue weighted by molar-refractivity contribution is 0.245. The normalized spacial score (nSPS) is 21.3. The number of aryl methyl sites for hydroxylation is 1. The van der Waals surface area contributed by atoms with Gasteiger partial charge >= 0.3 is 0 Å². The molecule has 32 heavy (non-hydrogen) atoms. The summed E-state index contributed by atoms with van der Waals surface area (Å²) in [6, 6.07) is 13.8. The molecule has 7 heteroatoms. The summed E-state index contributed by atoms with van der Waals surface area (Å²) in [6.07, 6.45) is 6.62. The van der Waals surface area contributed by atoms with Crippen molar-refractivity contribution in [3.8, 4) is 11.4 Å². The highest BCUT2D eigenvalue weighted by Crippen LogP contribution is 2.45. The van der Waals surface area contributed by atoms with Gasteiger partial charge in [0.25, 0.3) is 0 Å². The highest BCUT2D eigenvalue weighted by atomic mass is 35.5. The smallest absolute Gasteiger partial charge is 0.170 e. The number of aromatic hydroxyl groups is 1. The van der Waals surface area contributed by atoms with Gasteiger partial charge in [-0.25, -0.2) is 0 Å². The Bertz CT molecular complexity index is 1160. The lowest BCUT2D eigenvalue weighted by Gasteiger charge is -2.33. The van der Waals surface area contributed by atoms with Gasteiger partial charge in [0.15, 0.2) is 5.11 Å². The summed E-state index contributed by atoms with van der Waals surface area (Å²) in [7, 11) is 0. The van der Waals surface area contributed by atoms with Gasteiger partial charge in [-0.2, -0.15) is 0 Å². The standard InChI is InChI=1S/C25H27ClN4OS/c1-15-13-19(16(2)29(15)21-14-17(26)10-11-22(21)31)24-23(20-9-5-6-12-27-20)28-25(32)30(24)18-7-3-4-8-18/h5-6,9-14,18,23-24,31H,3-4,7-8H2,1-2H3,(H,28,32)/t23-,24-/m0/s1. The molecule has 1 aliphatic heterocycles. The van der Waals surface area contributed by atoms with E-state index >= 15 is 0 Å². The molecule has 0 spiro atoms. The molecule has 166 valence electrons. The molecule has 2 aliphatic rings. The fourth-order valence-electron chi connectivity index (χ4n) is 5.41. The van der Waals surface area contributed by atoms with E-state index in [9.17, 15) is 5.11 Å². The maximum absolute atomic E-state index is 10.6. The molecule has 5 nitrogen and oxygen atoms in total. The Hall–Kier alpha value is -2.57. The topological polar surface area (TPSA) is 53.3 Å². The zero-order chi connectivity index (χ0) is 22.4. The van der Waals surface area contributed by atoms with Gasteiger partial charge in [-0.05, 0) is 80.9 Å². The van der Waals surface area contributed by atoms with Crippen molar-refractivity contribution in [3.63, 3.8) is 0 Å². The highest BCUT2D eigenvalue weighted by molar-refractivity contribution is 7.80. The van der Waals surface area contributed by atoms with Crippen LogP contribution >= 0.6 is 23.8 Å². The van der Waals surface area contributed by atoms with Crippen LogP contribution in [0.15, 0.2) is 48.7 Å². The van der Waals surface area contributed by atoms with E-state index < -0.39 is 0 Å². The van der Waals surface area contributed by atoms with E-state index in [0.717, 1.165) is 35.0 Å². The van der Waals surface area contributed by atoms with Gasteiger partial charge in [-0.1, -0.05) is 30.5 Å². The van der Waals surface area contributed by atoms with Crippen LogP contribution in [0.4, 0.5) is 0 Å². The minimum Gasteiger partial charge on any atom is -0.506 e. The summed E-state index contributed by atoms with van der Waals surface area (Å²) in [6.45, 7) is 4.17. The van der Waals surface area contributed by atoms with Crippen LogP contribution < -0.4 is 5.32 Å². The molecule has 0 amide bonds. The van der Waals surface area contributed by atoms with Gasteiger partial charge in [0.05, 0.1) is 23.5 Å². The summed E-state index contributed by atoms with van der Waals surface area (Å²) >= 11 is 12.1. The predicted molar refractivity (Wildman–Crippen MR) is 131 cm³/mol. The number of aromatic nitrogens is 2. The van der Waals surface area contributed by atoms with E-state index in [1.807, 2.05) is 24.4 Å². The van der Waals surface area contributed by atoms with Crippen LogP contribution in [0, 0.1) is 13.8 Å². The molecule has 1 saturated carbocycles. The number of phenols is 1. The van der Waals surface area contributed by atoms with Crippen molar-refractivity contribution in [1.29, 1.82) is 0 Å².